The Bertz CT molecular complexity index is 289. The van der Waals surface area contributed by atoms with Gasteiger partial charge in [0.25, 0.3) is 0 Å². The van der Waals surface area contributed by atoms with E-state index in [4.69, 9.17) is 5.26 Å². The first-order chi connectivity index (χ1) is 6.24. The summed E-state index contributed by atoms with van der Waals surface area (Å²) in [5, 5.41) is 11.7. The number of aromatic nitrogens is 1. The van der Waals surface area contributed by atoms with E-state index in [0.29, 0.717) is 0 Å². The minimum Gasteiger partial charge on any atom is -0.294 e. The van der Waals surface area contributed by atoms with Gasteiger partial charge < -0.3 is 0 Å². The molecule has 0 aromatic carbocycles. The summed E-state index contributed by atoms with van der Waals surface area (Å²) in [5.74, 6) is 0. The number of hydrogen-bond donors (Lipinski definition) is 1. The number of nitrogens with zero attached hydrogens (tertiary/aromatic N) is 2. The summed E-state index contributed by atoms with van der Waals surface area (Å²) in [5.41, 5.74) is 0.963. The number of pyridine rings is 1. The fourth-order valence-corrected chi connectivity index (χ4v) is 1.13. The lowest BCUT2D eigenvalue weighted by Crippen LogP contribution is -2.27. The van der Waals surface area contributed by atoms with Gasteiger partial charge in [0.1, 0.15) is 0 Å². The second-order valence-electron chi connectivity index (χ2n) is 2.99. The minimum atomic E-state index is -0.142. The predicted octanol–water partition coefficient (Wildman–Crippen LogP) is 1.64. The maximum Gasteiger partial charge on any atom is 0.0929 e. The summed E-state index contributed by atoms with van der Waals surface area (Å²) in [4.78, 5) is 4.19. The van der Waals surface area contributed by atoms with Crippen molar-refractivity contribution in [2.75, 3.05) is 0 Å². The molecule has 0 spiro atoms. The molecular formula is C10H13N3. The number of nitrogens with one attached hydrogen (secondary N) is 1. The Balaban J connectivity index is 2.60. The number of hydrogen-bond acceptors (Lipinski definition) is 3. The fraction of sp³-hybridized carbons (Fsp3) is 0.400. The molecule has 0 aliphatic rings. The molecule has 0 saturated carbocycles. The molecule has 0 fully saturated rings. The first kappa shape index (κ1) is 9.69. The summed E-state index contributed by atoms with van der Waals surface area (Å²) < 4.78 is 0. The second kappa shape index (κ2) is 4.58. The van der Waals surface area contributed by atoms with Crippen molar-refractivity contribution >= 4 is 0 Å². The van der Waals surface area contributed by atoms with Gasteiger partial charge in [0, 0.05) is 12.2 Å². The van der Waals surface area contributed by atoms with Gasteiger partial charge in [0.2, 0.25) is 0 Å². The Morgan fingerprint density at radius 2 is 2.23 bits per heavy atom. The van der Waals surface area contributed by atoms with Gasteiger partial charge >= 0.3 is 0 Å². The molecule has 1 heterocycles. The summed E-state index contributed by atoms with van der Waals surface area (Å²) in [6.07, 6.45) is 1.75. The average molecular weight is 175 g/mol. The maximum absolute atomic E-state index is 8.60. The predicted molar refractivity (Wildman–Crippen MR) is 50.9 cm³/mol. The lowest BCUT2D eigenvalue weighted by Gasteiger charge is -2.14. The summed E-state index contributed by atoms with van der Waals surface area (Å²) >= 11 is 0. The van der Waals surface area contributed by atoms with E-state index in [1.165, 1.54) is 0 Å². The molecule has 0 radical (unpaired) electrons. The molecule has 0 amide bonds. The van der Waals surface area contributed by atoms with Crippen LogP contribution in [0.15, 0.2) is 24.4 Å². The molecule has 0 aliphatic heterocycles. The Morgan fingerprint density at radius 1 is 1.46 bits per heavy atom. The van der Waals surface area contributed by atoms with E-state index in [9.17, 15) is 0 Å². The van der Waals surface area contributed by atoms with Crippen molar-refractivity contribution in [2.45, 2.75) is 25.9 Å². The molecule has 1 N–H and O–H groups in total. The molecular weight excluding hydrogens is 162 g/mol. The van der Waals surface area contributed by atoms with E-state index in [1.807, 2.05) is 32.0 Å². The first-order valence-electron chi connectivity index (χ1n) is 4.30. The normalized spacial score (nSPS) is 14.5. The third-order valence-electron chi connectivity index (χ3n) is 1.83. The molecule has 13 heavy (non-hydrogen) atoms. The van der Waals surface area contributed by atoms with Gasteiger partial charge in [-0.3, -0.25) is 10.3 Å². The van der Waals surface area contributed by atoms with E-state index in [0.717, 1.165) is 5.69 Å². The van der Waals surface area contributed by atoms with Crippen LogP contribution in [0.3, 0.4) is 0 Å². The van der Waals surface area contributed by atoms with E-state index in [-0.39, 0.29) is 12.1 Å². The van der Waals surface area contributed by atoms with Gasteiger partial charge in [0.05, 0.1) is 17.8 Å². The summed E-state index contributed by atoms with van der Waals surface area (Å²) in [6, 6.07) is 7.87. The molecule has 1 aromatic rings. The zero-order chi connectivity index (χ0) is 9.68. The van der Waals surface area contributed by atoms with Gasteiger partial charge in [0.15, 0.2) is 0 Å². The first-order valence-corrected chi connectivity index (χ1v) is 4.30. The van der Waals surface area contributed by atoms with Gasteiger partial charge in [-0.1, -0.05) is 6.07 Å². The van der Waals surface area contributed by atoms with Crippen LogP contribution in [-0.4, -0.2) is 11.0 Å². The van der Waals surface area contributed by atoms with Crippen molar-refractivity contribution in [2.24, 2.45) is 0 Å². The van der Waals surface area contributed by atoms with Crippen molar-refractivity contribution in [3.05, 3.63) is 30.1 Å². The van der Waals surface area contributed by atoms with Crippen molar-refractivity contribution in [3.63, 3.8) is 0 Å². The molecule has 0 bridgehead atoms. The zero-order valence-electron chi connectivity index (χ0n) is 7.86. The molecule has 3 nitrogen and oxygen atoms in total. The van der Waals surface area contributed by atoms with Crippen LogP contribution >= 0.6 is 0 Å². The lowest BCUT2D eigenvalue weighted by atomic mass is 10.2. The van der Waals surface area contributed by atoms with Crippen LogP contribution in [0.5, 0.6) is 0 Å². The van der Waals surface area contributed by atoms with Gasteiger partial charge in [-0.25, -0.2) is 0 Å². The van der Waals surface area contributed by atoms with Crippen molar-refractivity contribution < 1.29 is 0 Å². The van der Waals surface area contributed by atoms with E-state index < -0.39 is 0 Å². The van der Waals surface area contributed by atoms with Crippen molar-refractivity contribution in [1.29, 1.82) is 5.26 Å². The SMILES string of the molecule is CC(C#N)N[C@H](C)c1ccccn1. The van der Waals surface area contributed by atoms with Crippen LogP contribution in [-0.2, 0) is 0 Å². The van der Waals surface area contributed by atoms with Crippen LogP contribution in [0.1, 0.15) is 25.6 Å². The third-order valence-corrected chi connectivity index (χ3v) is 1.83. The molecule has 2 atom stereocenters. The highest BCUT2D eigenvalue weighted by atomic mass is 15.0. The van der Waals surface area contributed by atoms with E-state index in [1.54, 1.807) is 6.20 Å². The van der Waals surface area contributed by atoms with Gasteiger partial charge in [-0.2, -0.15) is 5.26 Å². The third kappa shape index (κ3) is 2.85. The van der Waals surface area contributed by atoms with E-state index in [2.05, 4.69) is 16.4 Å². The highest BCUT2D eigenvalue weighted by Crippen LogP contribution is 2.08. The van der Waals surface area contributed by atoms with Gasteiger partial charge in [-0.05, 0) is 26.0 Å². The smallest absolute Gasteiger partial charge is 0.0929 e. The second-order valence-corrected chi connectivity index (χ2v) is 2.99. The lowest BCUT2D eigenvalue weighted by molar-refractivity contribution is 0.532. The quantitative estimate of drug-likeness (QED) is 0.759. The Hall–Kier alpha value is -1.40. The highest BCUT2D eigenvalue weighted by molar-refractivity contribution is 5.08. The molecule has 3 heteroatoms. The highest BCUT2D eigenvalue weighted by Gasteiger charge is 2.08. The largest absolute Gasteiger partial charge is 0.294 e. The number of nitriles is 1. The van der Waals surface area contributed by atoms with Crippen molar-refractivity contribution in [3.8, 4) is 6.07 Å². The average Bonchev–Trinajstić information content (AvgIpc) is 2.19. The Labute approximate surface area is 78.4 Å². The van der Waals surface area contributed by atoms with Crippen LogP contribution in [0.25, 0.3) is 0 Å². The molecule has 1 aromatic heterocycles. The van der Waals surface area contributed by atoms with Crippen LogP contribution in [0.2, 0.25) is 0 Å². The van der Waals surface area contributed by atoms with Gasteiger partial charge in [-0.15, -0.1) is 0 Å². The van der Waals surface area contributed by atoms with Crippen LogP contribution in [0, 0.1) is 11.3 Å². The topological polar surface area (TPSA) is 48.7 Å². The van der Waals surface area contributed by atoms with Crippen molar-refractivity contribution in [1.82, 2.24) is 10.3 Å². The Morgan fingerprint density at radius 3 is 2.77 bits per heavy atom. The number of rotatable bonds is 3. The summed E-state index contributed by atoms with van der Waals surface area (Å²) in [7, 11) is 0. The van der Waals surface area contributed by atoms with Crippen LogP contribution in [0.4, 0.5) is 0 Å². The standard InChI is InChI=1S/C10H13N3/c1-8(7-11)13-9(2)10-5-3-4-6-12-10/h3-6,8-9,13H,1-2H3/t8?,9-/m1/s1. The zero-order valence-corrected chi connectivity index (χ0v) is 7.86. The molecule has 1 unspecified atom stereocenters. The van der Waals surface area contributed by atoms with Crippen LogP contribution < -0.4 is 5.32 Å². The molecule has 1 rings (SSSR count). The molecule has 0 saturated heterocycles. The Kier molecular flexibility index (Phi) is 3.41. The summed E-state index contributed by atoms with van der Waals surface area (Å²) in [6.45, 7) is 3.83. The minimum absolute atomic E-state index is 0.121. The molecule has 0 aliphatic carbocycles. The fourth-order valence-electron chi connectivity index (χ4n) is 1.13. The molecule has 68 valence electrons. The maximum atomic E-state index is 8.60. The monoisotopic (exact) mass is 175 g/mol. The van der Waals surface area contributed by atoms with E-state index >= 15 is 0 Å².